The maximum absolute atomic E-state index is 12.2. The van der Waals surface area contributed by atoms with Crippen LogP contribution < -0.4 is 4.74 Å². The van der Waals surface area contributed by atoms with Gasteiger partial charge in [0.1, 0.15) is 22.7 Å². The first-order valence-electron chi connectivity index (χ1n) is 6.71. The molecule has 1 saturated heterocycles. The van der Waals surface area contributed by atoms with Crippen LogP contribution in [0.5, 0.6) is 5.75 Å². The number of carboxylic acid groups (broad SMARTS) is 1. The second kappa shape index (κ2) is 5.73. The molecule has 1 amide bonds. The zero-order valence-electron chi connectivity index (χ0n) is 11.7. The third-order valence-electron chi connectivity index (χ3n) is 3.38. The van der Waals surface area contributed by atoms with Crippen LogP contribution in [0.4, 0.5) is 0 Å². The molecule has 22 heavy (non-hydrogen) atoms. The van der Waals surface area contributed by atoms with Gasteiger partial charge in [-0.15, -0.1) is 0 Å². The van der Waals surface area contributed by atoms with Gasteiger partial charge >= 0.3 is 5.97 Å². The Morgan fingerprint density at radius 1 is 1.59 bits per heavy atom. The molecule has 3 rings (SSSR count). The van der Waals surface area contributed by atoms with Crippen molar-refractivity contribution in [1.82, 2.24) is 4.90 Å². The standard InChI is InChI=1S/C15H13NO4S2/c1-8-4-10-5-9(2-3-11(10)20-8)6-12-14(19)16(7-13(17)18)15(21)22-12/h2-3,5-6,8H,4,7H2,1H3,(H,17,18)/b12-6+/t8-/m1/s1. The summed E-state index contributed by atoms with van der Waals surface area (Å²) in [6.45, 7) is 1.61. The largest absolute Gasteiger partial charge is 0.490 e. The van der Waals surface area contributed by atoms with E-state index in [1.54, 1.807) is 6.08 Å². The first-order chi connectivity index (χ1) is 10.4. The van der Waals surface area contributed by atoms with Crippen molar-refractivity contribution in [3.05, 3.63) is 34.2 Å². The molecule has 0 aliphatic carbocycles. The fraction of sp³-hybridized carbons (Fsp3) is 0.267. The van der Waals surface area contributed by atoms with Gasteiger partial charge in [-0.3, -0.25) is 14.5 Å². The van der Waals surface area contributed by atoms with Gasteiger partial charge in [0, 0.05) is 6.42 Å². The van der Waals surface area contributed by atoms with Crippen LogP contribution >= 0.6 is 24.0 Å². The summed E-state index contributed by atoms with van der Waals surface area (Å²) in [4.78, 5) is 24.5. The third kappa shape index (κ3) is 2.86. The molecule has 1 fully saturated rings. The zero-order chi connectivity index (χ0) is 15.9. The number of hydrogen-bond donors (Lipinski definition) is 1. The highest BCUT2D eigenvalue weighted by Crippen LogP contribution is 2.34. The van der Waals surface area contributed by atoms with Gasteiger partial charge in [0.25, 0.3) is 5.91 Å². The van der Waals surface area contributed by atoms with Crippen molar-refractivity contribution in [2.24, 2.45) is 0 Å². The Kier molecular flexibility index (Phi) is 3.92. The van der Waals surface area contributed by atoms with Crippen molar-refractivity contribution in [1.29, 1.82) is 0 Å². The number of carboxylic acids is 1. The number of benzene rings is 1. The quantitative estimate of drug-likeness (QED) is 0.675. The molecule has 0 saturated carbocycles. The van der Waals surface area contributed by atoms with E-state index >= 15 is 0 Å². The molecule has 2 aliphatic heterocycles. The lowest BCUT2D eigenvalue weighted by Gasteiger charge is -2.10. The lowest BCUT2D eigenvalue weighted by Crippen LogP contribution is -2.33. The van der Waals surface area contributed by atoms with Crippen LogP contribution in [-0.4, -0.2) is 38.9 Å². The van der Waals surface area contributed by atoms with Crippen molar-refractivity contribution in [2.45, 2.75) is 19.4 Å². The second-order valence-corrected chi connectivity index (χ2v) is 6.84. The van der Waals surface area contributed by atoms with E-state index in [1.807, 2.05) is 25.1 Å². The molecule has 114 valence electrons. The molecule has 1 aromatic carbocycles. The Bertz CT molecular complexity index is 713. The van der Waals surface area contributed by atoms with E-state index in [1.165, 1.54) is 0 Å². The fourth-order valence-electron chi connectivity index (χ4n) is 2.45. The van der Waals surface area contributed by atoms with Crippen LogP contribution in [0, 0.1) is 0 Å². The average Bonchev–Trinajstić information content (AvgIpc) is 2.92. The number of fused-ring (bicyclic) bond motifs is 1. The molecule has 0 bridgehead atoms. The Labute approximate surface area is 136 Å². The SMILES string of the molecule is C[C@@H]1Cc2cc(/C=C3/SC(=S)N(CC(=O)O)C3=O)ccc2O1. The molecule has 5 nitrogen and oxygen atoms in total. The van der Waals surface area contributed by atoms with Crippen LogP contribution in [0.25, 0.3) is 6.08 Å². The fourth-order valence-corrected chi connectivity index (χ4v) is 3.71. The molecule has 0 spiro atoms. The highest BCUT2D eigenvalue weighted by Gasteiger charge is 2.33. The normalized spacial score (nSPS) is 22.1. The van der Waals surface area contributed by atoms with Crippen molar-refractivity contribution < 1.29 is 19.4 Å². The van der Waals surface area contributed by atoms with E-state index in [9.17, 15) is 9.59 Å². The molecule has 0 unspecified atom stereocenters. The van der Waals surface area contributed by atoms with Gasteiger partial charge in [-0.1, -0.05) is 30.0 Å². The summed E-state index contributed by atoms with van der Waals surface area (Å²) in [5, 5.41) is 8.82. The Morgan fingerprint density at radius 2 is 2.36 bits per heavy atom. The van der Waals surface area contributed by atoms with E-state index in [-0.39, 0.29) is 16.3 Å². The van der Waals surface area contributed by atoms with Gasteiger partial charge in [0.05, 0.1) is 4.91 Å². The van der Waals surface area contributed by atoms with Gasteiger partial charge in [-0.2, -0.15) is 0 Å². The lowest BCUT2D eigenvalue weighted by molar-refractivity contribution is -0.140. The first kappa shape index (κ1) is 15.1. The number of hydrogen-bond acceptors (Lipinski definition) is 5. The van der Waals surface area contributed by atoms with Crippen LogP contribution in [0.3, 0.4) is 0 Å². The monoisotopic (exact) mass is 335 g/mol. The number of rotatable bonds is 3. The molecule has 1 aromatic rings. The summed E-state index contributed by atoms with van der Waals surface area (Å²) >= 11 is 6.19. The predicted octanol–water partition coefficient (Wildman–Crippen LogP) is 2.30. The van der Waals surface area contributed by atoms with E-state index in [2.05, 4.69) is 0 Å². The van der Waals surface area contributed by atoms with E-state index in [0.29, 0.717) is 4.91 Å². The van der Waals surface area contributed by atoms with Gasteiger partial charge in [-0.05, 0) is 36.3 Å². The summed E-state index contributed by atoms with van der Waals surface area (Å²) in [5.41, 5.74) is 1.99. The number of carbonyl (C=O) groups excluding carboxylic acids is 1. The minimum atomic E-state index is -1.08. The number of carbonyl (C=O) groups is 2. The van der Waals surface area contributed by atoms with Gasteiger partial charge in [-0.25, -0.2) is 0 Å². The average molecular weight is 335 g/mol. The second-order valence-electron chi connectivity index (χ2n) is 5.16. The minimum absolute atomic E-state index is 0.166. The van der Waals surface area contributed by atoms with Crippen LogP contribution in [0.2, 0.25) is 0 Å². The van der Waals surface area contributed by atoms with E-state index in [4.69, 9.17) is 22.1 Å². The maximum atomic E-state index is 12.2. The molecular weight excluding hydrogens is 322 g/mol. The number of amides is 1. The topological polar surface area (TPSA) is 66.8 Å². The summed E-state index contributed by atoms with van der Waals surface area (Å²) < 4.78 is 5.92. The van der Waals surface area contributed by atoms with E-state index < -0.39 is 12.5 Å². The van der Waals surface area contributed by atoms with Gasteiger partial charge < -0.3 is 9.84 Å². The molecule has 1 atom stereocenters. The van der Waals surface area contributed by atoms with Crippen molar-refractivity contribution in [3.8, 4) is 5.75 Å². The molecule has 2 aliphatic rings. The number of thioether (sulfide) groups is 1. The Hall–Kier alpha value is -1.86. The zero-order valence-corrected chi connectivity index (χ0v) is 13.4. The number of nitrogens with zero attached hydrogens (tertiary/aromatic N) is 1. The van der Waals surface area contributed by atoms with Crippen molar-refractivity contribution in [2.75, 3.05) is 6.54 Å². The summed E-state index contributed by atoms with van der Waals surface area (Å²) in [5.74, 6) is -0.563. The van der Waals surface area contributed by atoms with Gasteiger partial charge in [0.15, 0.2) is 0 Å². The van der Waals surface area contributed by atoms with Crippen LogP contribution in [0.15, 0.2) is 23.1 Å². The highest BCUT2D eigenvalue weighted by atomic mass is 32.2. The van der Waals surface area contributed by atoms with Crippen LogP contribution in [0.1, 0.15) is 18.1 Å². The number of aliphatic carboxylic acids is 1. The summed E-state index contributed by atoms with van der Waals surface area (Å²) in [6.07, 6.45) is 2.75. The highest BCUT2D eigenvalue weighted by molar-refractivity contribution is 8.26. The van der Waals surface area contributed by atoms with Crippen molar-refractivity contribution in [3.63, 3.8) is 0 Å². The van der Waals surface area contributed by atoms with Crippen LogP contribution in [-0.2, 0) is 16.0 Å². The predicted molar refractivity (Wildman–Crippen MR) is 87.8 cm³/mol. The molecular formula is C15H13NO4S2. The maximum Gasteiger partial charge on any atom is 0.323 e. The molecule has 0 radical (unpaired) electrons. The smallest absolute Gasteiger partial charge is 0.323 e. The van der Waals surface area contributed by atoms with Crippen molar-refractivity contribution >= 4 is 46.3 Å². The first-order valence-corrected chi connectivity index (χ1v) is 7.93. The Balaban J connectivity index is 1.84. The number of ether oxygens (including phenoxy) is 1. The molecule has 1 N–H and O–H groups in total. The molecule has 0 aromatic heterocycles. The number of thiocarbonyl (C=S) groups is 1. The minimum Gasteiger partial charge on any atom is -0.490 e. The third-order valence-corrected chi connectivity index (χ3v) is 4.76. The summed E-state index contributed by atoms with van der Waals surface area (Å²) in [7, 11) is 0. The van der Waals surface area contributed by atoms with Gasteiger partial charge in [0.2, 0.25) is 0 Å². The Morgan fingerprint density at radius 3 is 3.09 bits per heavy atom. The molecule has 7 heteroatoms. The summed E-state index contributed by atoms with van der Waals surface area (Å²) in [6, 6.07) is 5.76. The molecule has 2 heterocycles. The van der Waals surface area contributed by atoms with E-state index in [0.717, 1.165) is 40.0 Å². The lowest BCUT2D eigenvalue weighted by atomic mass is 10.1.